The van der Waals surface area contributed by atoms with E-state index in [1.165, 1.54) is 10.8 Å². The van der Waals surface area contributed by atoms with E-state index in [1.807, 2.05) is 18.2 Å². The van der Waals surface area contributed by atoms with Gasteiger partial charge in [-0.1, -0.05) is 29.7 Å². The molecule has 0 N–H and O–H groups in total. The second-order valence-corrected chi connectivity index (χ2v) is 2.68. The summed E-state index contributed by atoms with van der Waals surface area (Å²) in [7, 11) is 0. The van der Waals surface area contributed by atoms with Crippen molar-refractivity contribution in [3.8, 4) is 0 Å². The first-order chi connectivity index (χ1) is 5.36. The van der Waals surface area contributed by atoms with Gasteiger partial charge < -0.3 is 17.0 Å². The van der Waals surface area contributed by atoms with Crippen molar-refractivity contribution in [3.63, 3.8) is 0 Å². The van der Waals surface area contributed by atoms with Crippen LogP contribution in [0.4, 0.5) is 0 Å². The Morgan fingerprint density at radius 2 is 1.46 bits per heavy atom. The van der Waals surface area contributed by atoms with E-state index in [0.717, 1.165) is 5.56 Å². The molecule has 0 aliphatic heterocycles. The molecule has 0 nitrogen and oxygen atoms in total. The first-order valence-electron chi connectivity index (χ1n) is 3.67. The molecular weight excluding hydrogens is 277 g/mol. The largest absolute Gasteiger partial charge is 2.00 e. The van der Waals surface area contributed by atoms with Crippen LogP contribution in [-0.2, 0) is 19.5 Å². The van der Waals surface area contributed by atoms with Gasteiger partial charge in [-0.15, -0.1) is 6.07 Å². The van der Waals surface area contributed by atoms with Crippen LogP contribution in [0.15, 0.2) is 42.5 Å². The van der Waals surface area contributed by atoms with E-state index < -0.39 is 0 Å². The fourth-order valence-corrected chi connectivity index (χ4v) is 1.24. The van der Waals surface area contributed by atoms with Gasteiger partial charge in [-0.2, -0.15) is 24.6 Å². The van der Waals surface area contributed by atoms with Gasteiger partial charge in [0.05, 0.1) is 0 Å². The van der Waals surface area contributed by atoms with Crippen molar-refractivity contribution >= 4 is 10.8 Å². The van der Waals surface area contributed by atoms with Gasteiger partial charge in [0, 0.05) is 0 Å². The Hall–Kier alpha value is -0.327. The minimum atomic E-state index is 0. The van der Waals surface area contributed by atoms with E-state index >= 15 is 0 Å². The molecule has 0 spiro atoms. The predicted molar refractivity (Wildman–Crippen MR) is 48.4 cm³/mol. The van der Waals surface area contributed by atoms with E-state index in [2.05, 4.69) is 31.2 Å². The van der Waals surface area contributed by atoms with E-state index in [4.69, 9.17) is 0 Å². The van der Waals surface area contributed by atoms with Crippen molar-refractivity contribution in [2.45, 2.75) is 0 Å². The van der Waals surface area contributed by atoms with Crippen molar-refractivity contribution in [1.29, 1.82) is 0 Å². The number of benzene rings is 2. The van der Waals surface area contributed by atoms with Crippen LogP contribution in [-0.4, -0.2) is 0 Å². The Kier molecular flexibility index (Phi) is 5.28. The Morgan fingerprint density at radius 3 is 2.15 bits per heavy atom. The Bertz CT molecular complexity index is 385. The summed E-state index contributed by atoms with van der Waals surface area (Å²) in [5, 5.41) is 2.54. The maximum absolute atomic E-state index is 3.87. The predicted octanol–water partition coefficient (Wildman–Crippen LogP) is 0.0235. The van der Waals surface area contributed by atoms with Gasteiger partial charge in [-0.05, 0) is 5.39 Å². The van der Waals surface area contributed by atoms with Crippen LogP contribution in [0, 0.1) is 6.92 Å². The molecule has 0 atom stereocenters. The normalized spacial score (nSPS) is 8.62. The Balaban J connectivity index is 0.000000720. The third kappa shape index (κ3) is 2.82. The van der Waals surface area contributed by atoms with E-state index in [9.17, 15) is 0 Å². The Morgan fingerprint density at radius 1 is 0.846 bits per heavy atom. The molecule has 0 aliphatic carbocycles. The molecule has 62 valence electrons. The van der Waals surface area contributed by atoms with Gasteiger partial charge in [0.1, 0.15) is 0 Å². The second-order valence-electron chi connectivity index (χ2n) is 2.68. The first-order valence-corrected chi connectivity index (χ1v) is 3.67. The van der Waals surface area contributed by atoms with Crippen LogP contribution in [0.25, 0.3) is 10.8 Å². The van der Waals surface area contributed by atoms with Crippen molar-refractivity contribution in [2.75, 3.05) is 0 Å². The number of hydrogen-bond donors (Lipinski definition) is 0. The molecule has 13 heavy (non-hydrogen) atoms. The summed E-state index contributed by atoms with van der Waals surface area (Å²) in [5.41, 5.74) is 1.07. The van der Waals surface area contributed by atoms with Gasteiger partial charge in [0.2, 0.25) is 0 Å². The van der Waals surface area contributed by atoms with Crippen molar-refractivity contribution in [2.24, 2.45) is 0 Å². The zero-order valence-electron chi connectivity index (χ0n) is 7.33. The van der Waals surface area contributed by atoms with Crippen LogP contribution < -0.4 is 17.0 Å². The molecule has 0 fully saturated rings. The summed E-state index contributed by atoms with van der Waals surface area (Å²) in [5.74, 6) is 0. The van der Waals surface area contributed by atoms with Crippen molar-refractivity contribution in [3.05, 3.63) is 55.0 Å². The van der Waals surface area contributed by atoms with Gasteiger partial charge in [0.25, 0.3) is 0 Å². The monoisotopic (exact) mass is 284 g/mol. The topological polar surface area (TPSA) is 0 Å². The van der Waals surface area contributed by atoms with Crippen LogP contribution in [0.2, 0.25) is 0 Å². The van der Waals surface area contributed by atoms with Gasteiger partial charge >= 0.3 is 19.5 Å². The molecule has 0 amide bonds. The zero-order valence-corrected chi connectivity index (χ0v) is 11.9. The number of halogens is 1. The van der Waals surface area contributed by atoms with Crippen molar-refractivity contribution < 1.29 is 36.5 Å². The van der Waals surface area contributed by atoms with E-state index in [0.29, 0.717) is 0 Å². The minimum Gasteiger partial charge on any atom is -1.00 e. The van der Waals surface area contributed by atoms with Crippen LogP contribution in [0.1, 0.15) is 5.56 Å². The summed E-state index contributed by atoms with van der Waals surface area (Å²) >= 11 is 0. The zero-order chi connectivity index (χ0) is 7.68. The SMILES string of the molecule is [Br-].[CH2-]c1ccc2ccccc2c1.[Zn+2]. The molecule has 0 aliphatic rings. The molecule has 0 saturated heterocycles. The standard InChI is InChI=1S/C11H9.BrH.Zn/c1-9-6-7-10-4-2-3-5-11(10)8-9;;/h2-8H,1H2;1H;/q-1;;+2/p-1. The third-order valence-corrected chi connectivity index (χ3v) is 1.81. The number of hydrogen-bond acceptors (Lipinski definition) is 0. The molecule has 2 aromatic rings. The molecule has 0 aromatic heterocycles. The molecule has 0 bridgehead atoms. The fourth-order valence-electron chi connectivity index (χ4n) is 1.24. The summed E-state index contributed by atoms with van der Waals surface area (Å²) < 4.78 is 0. The summed E-state index contributed by atoms with van der Waals surface area (Å²) in [6, 6.07) is 14.5. The van der Waals surface area contributed by atoms with Gasteiger partial charge in [-0.3, -0.25) is 0 Å². The molecule has 2 heteroatoms. The van der Waals surface area contributed by atoms with Crippen molar-refractivity contribution in [1.82, 2.24) is 0 Å². The quantitative estimate of drug-likeness (QED) is 0.473. The second kappa shape index (κ2) is 5.41. The molecule has 2 aromatic carbocycles. The smallest absolute Gasteiger partial charge is 1.00 e. The summed E-state index contributed by atoms with van der Waals surface area (Å²) in [6.07, 6.45) is 0. The average Bonchev–Trinajstić information content (AvgIpc) is 2.04. The minimum absolute atomic E-state index is 0. The summed E-state index contributed by atoms with van der Waals surface area (Å²) in [4.78, 5) is 0. The maximum atomic E-state index is 3.87. The molecule has 0 unspecified atom stereocenters. The number of rotatable bonds is 0. The first kappa shape index (κ1) is 12.7. The molecule has 2 rings (SSSR count). The third-order valence-electron chi connectivity index (χ3n) is 1.81. The molecular formula is C11H9BrZn. The summed E-state index contributed by atoms with van der Waals surface area (Å²) in [6.45, 7) is 3.87. The van der Waals surface area contributed by atoms with E-state index in [1.54, 1.807) is 0 Å². The fraction of sp³-hybridized carbons (Fsp3) is 0. The van der Waals surface area contributed by atoms with E-state index in [-0.39, 0.29) is 36.5 Å². The maximum Gasteiger partial charge on any atom is 2.00 e. The Labute approximate surface area is 102 Å². The molecule has 0 radical (unpaired) electrons. The van der Waals surface area contributed by atoms with Crippen LogP contribution in [0.5, 0.6) is 0 Å². The molecule has 0 heterocycles. The van der Waals surface area contributed by atoms with Crippen LogP contribution >= 0.6 is 0 Å². The van der Waals surface area contributed by atoms with Gasteiger partial charge in [-0.25, -0.2) is 0 Å². The average molecular weight is 286 g/mol. The van der Waals surface area contributed by atoms with Crippen LogP contribution in [0.3, 0.4) is 0 Å². The molecule has 0 saturated carbocycles. The van der Waals surface area contributed by atoms with Gasteiger partial charge in [0.15, 0.2) is 0 Å². The number of fused-ring (bicyclic) bond motifs is 1.